The topological polar surface area (TPSA) is 43.8 Å². The fraction of sp³-hybridized carbons (Fsp3) is 0.700. The summed E-state index contributed by atoms with van der Waals surface area (Å²) >= 11 is 0. The number of hydrogen-bond donors (Lipinski definition) is 1. The maximum absolute atomic E-state index is 5.74. The van der Waals surface area contributed by atoms with E-state index in [2.05, 4.69) is 25.0 Å². The van der Waals surface area contributed by atoms with Crippen LogP contribution in [0, 0.1) is 5.41 Å². The predicted molar refractivity (Wildman–Crippen MR) is 54.4 cm³/mol. The second-order valence-electron chi connectivity index (χ2n) is 4.03. The molecule has 0 aliphatic heterocycles. The van der Waals surface area contributed by atoms with Crippen LogP contribution in [0.4, 0.5) is 0 Å². The minimum absolute atomic E-state index is 0.203. The Hall–Kier alpha value is -0.830. The van der Waals surface area contributed by atoms with Crippen LogP contribution in [0.15, 0.2) is 12.3 Å². The van der Waals surface area contributed by atoms with Crippen molar-refractivity contribution in [2.75, 3.05) is 6.54 Å². The second-order valence-corrected chi connectivity index (χ2v) is 4.03. The highest BCUT2D eigenvalue weighted by molar-refractivity contribution is 5.02. The van der Waals surface area contributed by atoms with Crippen LogP contribution >= 0.6 is 0 Å². The van der Waals surface area contributed by atoms with Gasteiger partial charge in [0.1, 0.15) is 0 Å². The van der Waals surface area contributed by atoms with E-state index in [0.717, 1.165) is 25.1 Å². The van der Waals surface area contributed by atoms with Gasteiger partial charge in [-0.25, -0.2) is 0 Å². The van der Waals surface area contributed by atoms with Gasteiger partial charge in [-0.05, 0) is 30.9 Å². The van der Waals surface area contributed by atoms with E-state index < -0.39 is 0 Å². The normalized spacial score (nSPS) is 15.7. The summed E-state index contributed by atoms with van der Waals surface area (Å²) in [5.74, 6) is 0. The molecule has 0 bridgehead atoms. The van der Waals surface area contributed by atoms with Crippen LogP contribution in [0.5, 0.6) is 0 Å². The van der Waals surface area contributed by atoms with Gasteiger partial charge in [0.25, 0.3) is 0 Å². The summed E-state index contributed by atoms with van der Waals surface area (Å²) in [5.41, 5.74) is 7.08. The van der Waals surface area contributed by atoms with Gasteiger partial charge in [0, 0.05) is 13.2 Å². The van der Waals surface area contributed by atoms with Gasteiger partial charge >= 0.3 is 0 Å². The summed E-state index contributed by atoms with van der Waals surface area (Å²) in [5, 5.41) is 4.35. The van der Waals surface area contributed by atoms with E-state index in [4.69, 9.17) is 5.73 Å². The van der Waals surface area contributed by atoms with Crippen molar-refractivity contribution < 1.29 is 0 Å². The lowest BCUT2D eigenvalue weighted by Gasteiger charge is -2.24. The van der Waals surface area contributed by atoms with E-state index in [1.54, 1.807) is 0 Å². The van der Waals surface area contributed by atoms with Gasteiger partial charge in [-0.15, -0.1) is 0 Å². The van der Waals surface area contributed by atoms with Gasteiger partial charge in [0.2, 0.25) is 0 Å². The summed E-state index contributed by atoms with van der Waals surface area (Å²) in [6.45, 7) is 5.11. The Morgan fingerprint density at radius 1 is 1.62 bits per heavy atom. The molecule has 13 heavy (non-hydrogen) atoms. The van der Waals surface area contributed by atoms with Gasteiger partial charge in [0.05, 0.1) is 5.69 Å². The molecule has 0 spiro atoms. The fourth-order valence-electron chi connectivity index (χ4n) is 1.34. The van der Waals surface area contributed by atoms with Crippen molar-refractivity contribution in [3.05, 3.63) is 18.0 Å². The molecule has 0 saturated carbocycles. The highest BCUT2D eigenvalue weighted by Gasteiger charge is 2.21. The summed E-state index contributed by atoms with van der Waals surface area (Å²) in [4.78, 5) is 0. The number of aromatic nitrogens is 2. The van der Waals surface area contributed by atoms with Crippen LogP contribution in [-0.2, 0) is 13.5 Å². The Morgan fingerprint density at radius 3 is 2.69 bits per heavy atom. The number of hydrogen-bond acceptors (Lipinski definition) is 2. The monoisotopic (exact) mass is 181 g/mol. The van der Waals surface area contributed by atoms with E-state index in [0.29, 0.717) is 0 Å². The molecule has 3 nitrogen and oxygen atoms in total. The Labute approximate surface area is 79.9 Å². The van der Waals surface area contributed by atoms with Gasteiger partial charge in [-0.3, -0.25) is 4.68 Å². The first-order chi connectivity index (χ1) is 6.09. The van der Waals surface area contributed by atoms with Gasteiger partial charge in [0.15, 0.2) is 0 Å². The van der Waals surface area contributed by atoms with Crippen LogP contribution in [0.2, 0.25) is 0 Å². The lowest BCUT2D eigenvalue weighted by Crippen LogP contribution is -2.28. The van der Waals surface area contributed by atoms with Gasteiger partial charge in [-0.2, -0.15) is 5.10 Å². The molecule has 0 aliphatic rings. The highest BCUT2D eigenvalue weighted by Crippen LogP contribution is 2.23. The zero-order chi connectivity index (χ0) is 9.90. The molecule has 0 amide bonds. The zero-order valence-electron chi connectivity index (χ0n) is 8.75. The van der Waals surface area contributed by atoms with Crippen molar-refractivity contribution >= 4 is 0 Å². The largest absolute Gasteiger partial charge is 0.330 e. The molecule has 1 heterocycles. The average Bonchev–Trinajstić information content (AvgIpc) is 2.51. The summed E-state index contributed by atoms with van der Waals surface area (Å²) < 4.78 is 1.84. The van der Waals surface area contributed by atoms with Crippen molar-refractivity contribution in [2.24, 2.45) is 18.2 Å². The molecule has 1 unspecified atom stereocenters. The molecule has 74 valence electrons. The zero-order valence-corrected chi connectivity index (χ0v) is 8.75. The van der Waals surface area contributed by atoms with Crippen LogP contribution in [0.25, 0.3) is 0 Å². The number of nitrogens with two attached hydrogens (primary N) is 1. The molecule has 1 aromatic heterocycles. The van der Waals surface area contributed by atoms with Crippen molar-refractivity contribution in [3.63, 3.8) is 0 Å². The first kappa shape index (κ1) is 10.3. The molecule has 0 aromatic carbocycles. The third-order valence-corrected chi connectivity index (χ3v) is 2.72. The highest BCUT2D eigenvalue weighted by atomic mass is 15.2. The number of aryl methyl sites for hydroxylation is 1. The molecule has 2 N–H and O–H groups in total. The number of nitrogens with zero attached hydrogens (tertiary/aromatic N) is 2. The van der Waals surface area contributed by atoms with Gasteiger partial charge < -0.3 is 5.73 Å². The molecule has 1 rings (SSSR count). The van der Waals surface area contributed by atoms with E-state index >= 15 is 0 Å². The van der Waals surface area contributed by atoms with Gasteiger partial charge in [-0.1, -0.05) is 13.8 Å². The molecular weight excluding hydrogens is 162 g/mol. The molecule has 1 aromatic rings. The first-order valence-electron chi connectivity index (χ1n) is 4.78. The van der Waals surface area contributed by atoms with Crippen LogP contribution in [0.1, 0.15) is 26.0 Å². The minimum Gasteiger partial charge on any atom is -0.330 e. The third kappa shape index (κ3) is 2.56. The lowest BCUT2D eigenvalue weighted by atomic mass is 9.83. The summed E-state index contributed by atoms with van der Waals surface area (Å²) in [7, 11) is 1.94. The molecular formula is C10H19N3. The Bertz CT molecular complexity index is 261. The Balaban J connectivity index is 2.67. The molecule has 3 heteroatoms. The van der Waals surface area contributed by atoms with Crippen LogP contribution in [-0.4, -0.2) is 16.3 Å². The smallest absolute Gasteiger partial charge is 0.0630 e. The molecule has 0 aliphatic carbocycles. The molecule has 0 fully saturated rings. The standard InChI is InChI=1S/C10H19N3/c1-4-10(2,8-11)7-9-5-6-13(3)12-9/h5-6H,4,7-8,11H2,1-3H3. The Morgan fingerprint density at radius 2 is 2.31 bits per heavy atom. The van der Waals surface area contributed by atoms with Crippen molar-refractivity contribution in [2.45, 2.75) is 26.7 Å². The van der Waals surface area contributed by atoms with Crippen molar-refractivity contribution in [3.8, 4) is 0 Å². The predicted octanol–water partition coefficient (Wildman–Crippen LogP) is 1.34. The quantitative estimate of drug-likeness (QED) is 0.761. The van der Waals surface area contributed by atoms with E-state index in [1.165, 1.54) is 0 Å². The maximum atomic E-state index is 5.74. The molecule has 0 radical (unpaired) electrons. The average molecular weight is 181 g/mol. The lowest BCUT2D eigenvalue weighted by molar-refractivity contribution is 0.316. The van der Waals surface area contributed by atoms with E-state index in [-0.39, 0.29) is 5.41 Å². The fourth-order valence-corrected chi connectivity index (χ4v) is 1.34. The minimum atomic E-state index is 0.203. The maximum Gasteiger partial charge on any atom is 0.0630 e. The summed E-state index contributed by atoms with van der Waals surface area (Å²) in [6, 6.07) is 2.06. The Kier molecular flexibility index (Phi) is 3.09. The van der Waals surface area contributed by atoms with Crippen molar-refractivity contribution in [1.29, 1.82) is 0 Å². The molecule has 1 atom stereocenters. The third-order valence-electron chi connectivity index (χ3n) is 2.72. The summed E-state index contributed by atoms with van der Waals surface area (Å²) in [6.07, 6.45) is 4.04. The van der Waals surface area contributed by atoms with Crippen molar-refractivity contribution in [1.82, 2.24) is 9.78 Å². The van der Waals surface area contributed by atoms with Crippen LogP contribution in [0.3, 0.4) is 0 Å². The van der Waals surface area contributed by atoms with E-state index in [1.807, 2.05) is 17.9 Å². The number of rotatable bonds is 4. The SMILES string of the molecule is CCC(C)(CN)Cc1ccn(C)n1. The van der Waals surface area contributed by atoms with E-state index in [9.17, 15) is 0 Å². The first-order valence-corrected chi connectivity index (χ1v) is 4.78. The second kappa shape index (κ2) is 3.92. The molecule has 0 saturated heterocycles. The van der Waals surface area contributed by atoms with Crippen LogP contribution < -0.4 is 5.73 Å².